The van der Waals surface area contributed by atoms with Gasteiger partial charge in [0.1, 0.15) is 22.5 Å². The number of hydrogen-bond acceptors (Lipinski definition) is 4. The number of nitrogens with one attached hydrogen (secondary N) is 1. The fraction of sp³-hybridized carbons (Fsp3) is 0.312. The van der Waals surface area contributed by atoms with Gasteiger partial charge in [-0.25, -0.2) is 19.9 Å². The van der Waals surface area contributed by atoms with Gasteiger partial charge in [-0.15, -0.1) is 0 Å². The Morgan fingerprint density at radius 1 is 1.23 bits per heavy atom. The first kappa shape index (κ1) is 14.3. The number of ether oxygens (including phenoxy) is 1. The molecule has 0 unspecified atom stereocenters. The van der Waals surface area contributed by atoms with Crippen LogP contribution in [0.2, 0.25) is 0 Å². The van der Waals surface area contributed by atoms with Gasteiger partial charge in [0.05, 0.1) is 11.7 Å². The predicted octanol–water partition coefficient (Wildman–Crippen LogP) is 3.37. The van der Waals surface area contributed by atoms with Crippen molar-refractivity contribution in [3.63, 3.8) is 0 Å². The summed E-state index contributed by atoms with van der Waals surface area (Å²) in [6, 6.07) is 7.74. The first-order valence-corrected chi connectivity index (χ1v) is 7.08. The Bertz CT molecular complexity index is 862. The van der Waals surface area contributed by atoms with Crippen molar-refractivity contribution in [2.75, 3.05) is 5.43 Å². The van der Waals surface area contributed by atoms with E-state index in [-0.39, 0.29) is 0 Å². The molecule has 3 rings (SSSR count). The molecule has 2 aromatic heterocycles. The van der Waals surface area contributed by atoms with E-state index < -0.39 is 11.7 Å². The number of carbonyl (C=O) groups excluding carboxylic acids is 1. The smallest absolute Gasteiger partial charge is 0.427 e. The second kappa shape index (κ2) is 4.98. The summed E-state index contributed by atoms with van der Waals surface area (Å²) in [6.07, 6.45) is 1.19. The lowest BCUT2D eigenvalue weighted by Gasteiger charge is -2.20. The average Bonchev–Trinajstić information content (AvgIpc) is 2.73. The van der Waals surface area contributed by atoms with Gasteiger partial charge >= 0.3 is 6.09 Å². The minimum absolute atomic E-state index is 0.518. The number of carbonyl (C=O) groups is 1. The summed E-state index contributed by atoms with van der Waals surface area (Å²) < 4.78 is 6.96. The third kappa shape index (κ3) is 2.59. The summed E-state index contributed by atoms with van der Waals surface area (Å²) in [4.78, 5) is 20.9. The van der Waals surface area contributed by atoms with Crippen molar-refractivity contribution < 1.29 is 9.53 Å². The van der Waals surface area contributed by atoms with E-state index in [0.717, 1.165) is 21.9 Å². The molecule has 6 nitrogen and oxygen atoms in total. The summed E-state index contributed by atoms with van der Waals surface area (Å²) >= 11 is 0. The highest BCUT2D eigenvalue weighted by Gasteiger charge is 2.19. The number of fused-ring (bicyclic) bond motifs is 3. The van der Waals surface area contributed by atoms with Gasteiger partial charge in [0, 0.05) is 5.39 Å². The second-order valence-electron chi connectivity index (χ2n) is 6.12. The fourth-order valence-corrected chi connectivity index (χ4v) is 2.35. The number of rotatable bonds is 1. The highest BCUT2D eigenvalue weighted by atomic mass is 16.6. The van der Waals surface area contributed by atoms with Crippen LogP contribution in [0.25, 0.3) is 21.9 Å². The van der Waals surface area contributed by atoms with Gasteiger partial charge < -0.3 is 4.74 Å². The van der Waals surface area contributed by atoms with Gasteiger partial charge in [0.15, 0.2) is 0 Å². The van der Waals surface area contributed by atoms with Crippen molar-refractivity contribution in [2.45, 2.75) is 33.3 Å². The molecule has 0 saturated carbocycles. The molecule has 0 fully saturated rings. The van der Waals surface area contributed by atoms with Crippen molar-refractivity contribution in [1.29, 1.82) is 0 Å². The third-order valence-electron chi connectivity index (χ3n) is 3.16. The van der Waals surface area contributed by atoms with Gasteiger partial charge in [-0.2, -0.15) is 0 Å². The van der Waals surface area contributed by atoms with E-state index in [2.05, 4.69) is 15.4 Å². The molecular weight excluding hydrogens is 280 g/mol. The molecule has 0 atom stereocenters. The quantitative estimate of drug-likeness (QED) is 0.748. The Hall–Kier alpha value is -2.63. The Morgan fingerprint density at radius 3 is 2.68 bits per heavy atom. The van der Waals surface area contributed by atoms with Crippen molar-refractivity contribution in [2.24, 2.45) is 0 Å². The maximum atomic E-state index is 12.1. The molecule has 0 aliphatic carbocycles. The van der Waals surface area contributed by atoms with Crippen LogP contribution in [0, 0.1) is 6.92 Å². The predicted molar refractivity (Wildman–Crippen MR) is 85.4 cm³/mol. The Morgan fingerprint density at radius 2 is 1.95 bits per heavy atom. The number of nitrogens with zero attached hydrogens (tertiary/aromatic N) is 3. The minimum Gasteiger partial charge on any atom is -0.443 e. The van der Waals surface area contributed by atoms with Gasteiger partial charge in [0.2, 0.25) is 0 Å². The van der Waals surface area contributed by atoms with Gasteiger partial charge in [-0.05, 0) is 33.8 Å². The molecule has 2 heterocycles. The van der Waals surface area contributed by atoms with Crippen molar-refractivity contribution in [3.8, 4) is 0 Å². The zero-order valence-electron chi connectivity index (χ0n) is 13.0. The number of imidazole rings is 1. The van der Waals surface area contributed by atoms with Crippen LogP contribution < -0.4 is 5.43 Å². The monoisotopic (exact) mass is 298 g/mol. The molecule has 114 valence electrons. The lowest BCUT2D eigenvalue weighted by Crippen LogP contribution is -2.32. The molecule has 6 heteroatoms. The van der Waals surface area contributed by atoms with E-state index in [1.54, 1.807) is 10.9 Å². The largest absolute Gasteiger partial charge is 0.443 e. The molecule has 0 bridgehead atoms. The van der Waals surface area contributed by atoms with Crippen molar-refractivity contribution >= 4 is 28.0 Å². The standard InChI is InChI=1S/C16H18N4O2/c1-10-18-13-9-17-12-8-6-5-7-11(12)14(13)20(10)19-15(21)22-16(2,3)4/h5-9H,1-4H3,(H,19,21). The summed E-state index contributed by atoms with van der Waals surface area (Å²) in [5.41, 5.74) is 4.58. The van der Waals surface area contributed by atoms with Gasteiger partial charge in [-0.3, -0.25) is 4.98 Å². The van der Waals surface area contributed by atoms with E-state index in [0.29, 0.717) is 5.82 Å². The van der Waals surface area contributed by atoms with E-state index >= 15 is 0 Å². The Labute approximate surface area is 128 Å². The number of hydrogen-bond donors (Lipinski definition) is 1. The number of para-hydroxylation sites is 1. The molecule has 3 aromatic rings. The summed E-state index contributed by atoms with van der Waals surface area (Å²) in [5, 5.41) is 0.927. The van der Waals surface area contributed by atoms with E-state index in [1.165, 1.54) is 0 Å². The van der Waals surface area contributed by atoms with Crippen LogP contribution >= 0.6 is 0 Å². The molecule has 1 N–H and O–H groups in total. The number of benzene rings is 1. The first-order chi connectivity index (χ1) is 10.3. The normalized spacial score (nSPS) is 11.8. The molecule has 0 saturated heterocycles. The van der Waals surface area contributed by atoms with Crippen LogP contribution in [-0.4, -0.2) is 26.3 Å². The van der Waals surface area contributed by atoms with Crippen LogP contribution in [0.5, 0.6) is 0 Å². The lowest BCUT2D eigenvalue weighted by molar-refractivity contribution is 0.0613. The molecule has 0 radical (unpaired) electrons. The molecule has 0 aliphatic heterocycles. The van der Waals surface area contributed by atoms with Gasteiger partial charge in [0.25, 0.3) is 0 Å². The summed E-state index contributed by atoms with van der Waals surface area (Å²) in [7, 11) is 0. The van der Waals surface area contributed by atoms with Crippen LogP contribution in [0.3, 0.4) is 0 Å². The average molecular weight is 298 g/mol. The molecule has 1 aromatic carbocycles. The molecule has 22 heavy (non-hydrogen) atoms. The molecule has 0 spiro atoms. The van der Waals surface area contributed by atoms with Crippen LogP contribution in [-0.2, 0) is 4.74 Å². The number of aromatic nitrogens is 3. The topological polar surface area (TPSA) is 69.0 Å². The van der Waals surface area contributed by atoms with Gasteiger partial charge in [-0.1, -0.05) is 18.2 Å². The first-order valence-electron chi connectivity index (χ1n) is 7.08. The van der Waals surface area contributed by atoms with E-state index in [1.807, 2.05) is 52.0 Å². The second-order valence-corrected chi connectivity index (χ2v) is 6.12. The number of aryl methyl sites for hydroxylation is 1. The Kier molecular flexibility index (Phi) is 3.24. The lowest BCUT2D eigenvalue weighted by atomic mass is 10.2. The molecular formula is C16H18N4O2. The van der Waals surface area contributed by atoms with Crippen molar-refractivity contribution in [3.05, 3.63) is 36.3 Å². The van der Waals surface area contributed by atoms with E-state index in [9.17, 15) is 4.79 Å². The molecule has 1 amide bonds. The van der Waals surface area contributed by atoms with E-state index in [4.69, 9.17) is 4.74 Å². The summed E-state index contributed by atoms with van der Waals surface area (Å²) in [5.74, 6) is 0.666. The minimum atomic E-state index is -0.558. The molecule has 0 aliphatic rings. The highest BCUT2D eigenvalue weighted by Crippen LogP contribution is 2.23. The maximum Gasteiger partial charge on any atom is 0.427 e. The number of amides is 1. The third-order valence-corrected chi connectivity index (χ3v) is 3.16. The van der Waals surface area contributed by atoms with Crippen LogP contribution in [0.15, 0.2) is 30.5 Å². The zero-order valence-corrected chi connectivity index (χ0v) is 13.0. The summed E-state index contributed by atoms with van der Waals surface area (Å²) in [6.45, 7) is 7.30. The maximum absolute atomic E-state index is 12.1. The highest BCUT2D eigenvalue weighted by molar-refractivity contribution is 6.03. The zero-order chi connectivity index (χ0) is 15.9. The fourth-order valence-electron chi connectivity index (χ4n) is 2.35. The number of pyridine rings is 1. The Balaban J connectivity index is 2.11. The van der Waals surface area contributed by atoms with Crippen LogP contribution in [0.4, 0.5) is 4.79 Å². The van der Waals surface area contributed by atoms with Crippen molar-refractivity contribution in [1.82, 2.24) is 14.6 Å². The van der Waals surface area contributed by atoms with Crippen LogP contribution in [0.1, 0.15) is 26.6 Å². The SMILES string of the molecule is Cc1nc2cnc3ccccc3c2n1NC(=O)OC(C)(C)C.